The summed E-state index contributed by atoms with van der Waals surface area (Å²) < 4.78 is 0. The first kappa shape index (κ1) is 19.0. The molecule has 0 radical (unpaired) electrons. The highest BCUT2D eigenvalue weighted by molar-refractivity contribution is 5.36. The van der Waals surface area contributed by atoms with Gasteiger partial charge in [0.25, 0.3) is 0 Å². The second kappa shape index (κ2) is 9.18. The zero-order chi connectivity index (χ0) is 16.6. The molecule has 0 aromatic rings. The van der Waals surface area contributed by atoms with E-state index in [0.29, 0.717) is 5.41 Å². The molecule has 0 nitrogen and oxygen atoms in total. The Labute approximate surface area is 139 Å². The third-order valence-electron chi connectivity index (χ3n) is 4.70. The molecule has 0 fully saturated rings. The first-order valence-corrected chi connectivity index (χ1v) is 9.04. The van der Waals surface area contributed by atoms with Crippen molar-refractivity contribution in [2.24, 2.45) is 11.3 Å². The molecule has 0 atom stereocenters. The molecule has 1 rings (SSSR count). The quantitative estimate of drug-likeness (QED) is 0.339. The zero-order valence-electron chi connectivity index (χ0n) is 15.7. The maximum Gasteiger partial charge on any atom is -0.0104 e. The van der Waals surface area contributed by atoms with Gasteiger partial charge in [-0.25, -0.2) is 0 Å². The van der Waals surface area contributed by atoms with Crippen LogP contribution in [0.2, 0.25) is 0 Å². The standard InChI is InChI=1S/C22H36/c1-18(2)12-9-7-8-10-13-19(3)15-16-21-20(4)14-11-17-22(21,5)6/h8,10,13,15-16,18H,7,9,11-12,14,17H2,1-6H3/b10-8-,16-15+,19-13+. The Morgan fingerprint density at radius 1 is 1.27 bits per heavy atom. The Balaban J connectivity index is 2.54. The molecule has 0 N–H and O–H groups in total. The van der Waals surface area contributed by atoms with Crippen molar-refractivity contribution < 1.29 is 0 Å². The van der Waals surface area contributed by atoms with Crippen molar-refractivity contribution in [1.82, 2.24) is 0 Å². The SMILES string of the molecule is CC1=C(/C=C/C(C)=C/C=C\CCCC(C)C)C(C)(C)CCC1. The minimum Gasteiger partial charge on any atom is -0.0845 e. The number of unbranched alkanes of at least 4 members (excludes halogenated alkanes) is 1. The van der Waals surface area contributed by atoms with E-state index in [9.17, 15) is 0 Å². The molecule has 1 aliphatic rings. The van der Waals surface area contributed by atoms with Crippen LogP contribution in [0.25, 0.3) is 0 Å². The Morgan fingerprint density at radius 3 is 2.64 bits per heavy atom. The molecule has 0 bridgehead atoms. The first-order valence-electron chi connectivity index (χ1n) is 9.04. The van der Waals surface area contributed by atoms with E-state index >= 15 is 0 Å². The van der Waals surface area contributed by atoms with Gasteiger partial charge < -0.3 is 0 Å². The topological polar surface area (TPSA) is 0 Å². The molecule has 0 saturated heterocycles. The molecule has 0 heterocycles. The van der Waals surface area contributed by atoms with Gasteiger partial charge in [-0.1, -0.05) is 75.6 Å². The summed E-state index contributed by atoms with van der Waals surface area (Å²) >= 11 is 0. The van der Waals surface area contributed by atoms with Crippen molar-refractivity contribution in [3.8, 4) is 0 Å². The van der Waals surface area contributed by atoms with Crippen LogP contribution in [0.5, 0.6) is 0 Å². The van der Waals surface area contributed by atoms with Crippen LogP contribution in [0.1, 0.15) is 80.1 Å². The highest BCUT2D eigenvalue weighted by atomic mass is 14.3. The highest BCUT2D eigenvalue weighted by Gasteiger charge is 2.26. The van der Waals surface area contributed by atoms with Crippen LogP contribution >= 0.6 is 0 Å². The molecule has 0 heteroatoms. The average molecular weight is 301 g/mol. The molecule has 0 aromatic heterocycles. The summed E-state index contributed by atoms with van der Waals surface area (Å²) in [5, 5.41) is 0. The van der Waals surface area contributed by atoms with E-state index in [1.54, 1.807) is 11.1 Å². The lowest BCUT2D eigenvalue weighted by Crippen LogP contribution is -2.19. The van der Waals surface area contributed by atoms with Gasteiger partial charge in [0.2, 0.25) is 0 Å². The summed E-state index contributed by atoms with van der Waals surface area (Å²) in [5.41, 5.74) is 4.80. The van der Waals surface area contributed by atoms with Crippen LogP contribution in [0.15, 0.2) is 47.1 Å². The summed E-state index contributed by atoms with van der Waals surface area (Å²) in [7, 11) is 0. The number of rotatable bonds is 7. The molecule has 1 aliphatic carbocycles. The van der Waals surface area contributed by atoms with Crippen LogP contribution in [-0.2, 0) is 0 Å². The fourth-order valence-corrected chi connectivity index (χ4v) is 3.24. The summed E-state index contributed by atoms with van der Waals surface area (Å²) in [6.45, 7) is 13.8. The first-order chi connectivity index (χ1) is 10.3. The predicted molar refractivity (Wildman–Crippen MR) is 101 cm³/mol. The Bertz CT molecular complexity index is 452. The number of allylic oxidation sites excluding steroid dienone is 8. The molecule has 124 valence electrons. The van der Waals surface area contributed by atoms with Crippen LogP contribution in [0.3, 0.4) is 0 Å². The van der Waals surface area contributed by atoms with Gasteiger partial charge in [-0.2, -0.15) is 0 Å². The van der Waals surface area contributed by atoms with E-state index in [2.05, 4.69) is 71.9 Å². The normalized spacial score (nSPS) is 19.9. The van der Waals surface area contributed by atoms with E-state index < -0.39 is 0 Å². The minimum absolute atomic E-state index is 0.339. The lowest BCUT2D eigenvalue weighted by molar-refractivity contribution is 0.377. The van der Waals surface area contributed by atoms with Crippen molar-refractivity contribution >= 4 is 0 Å². The maximum atomic E-state index is 2.38. The minimum atomic E-state index is 0.339. The molecular weight excluding hydrogens is 264 g/mol. The second-order valence-corrected chi connectivity index (χ2v) is 7.93. The van der Waals surface area contributed by atoms with Crippen molar-refractivity contribution in [2.45, 2.75) is 80.1 Å². The third-order valence-corrected chi connectivity index (χ3v) is 4.70. The summed E-state index contributed by atoms with van der Waals surface area (Å²) in [4.78, 5) is 0. The van der Waals surface area contributed by atoms with Gasteiger partial charge >= 0.3 is 0 Å². The van der Waals surface area contributed by atoms with Crippen LogP contribution < -0.4 is 0 Å². The van der Waals surface area contributed by atoms with E-state index in [4.69, 9.17) is 0 Å². The van der Waals surface area contributed by atoms with Crippen molar-refractivity contribution in [1.29, 1.82) is 0 Å². The molecular formula is C22H36. The highest BCUT2D eigenvalue weighted by Crippen LogP contribution is 2.40. The number of hydrogen-bond acceptors (Lipinski definition) is 0. The molecule has 0 aromatic carbocycles. The largest absolute Gasteiger partial charge is 0.0845 e. The van der Waals surface area contributed by atoms with Crippen LogP contribution in [0, 0.1) is 11.3 Å². The van der Waals surface area contributed by atoms with Gasteiger partial charge in [0.15, 0.2) is 0 Å². The molecule has 0 spiro atoms. The van der Waals surface area contributed by atoms with Gasteiger partial charge in [0, 0.05) is 0 Å². The molecule has 0 amide bonds. The van der Waals surface area contributed by atoms with Gasteiger partial charge in [0.05, 0.1) is 0 Å². The maximum absolute atomic E-state index is 2.38. The third kappa shape index (κ3) is 6.81. The monoisotopic (exact) mass is 300 g/mol. The molecule has 22 heavy (non-hydrogen) atoms. The van der Waals surface area contributed by atoms with Crippen molar-refractivity contribution in [3.63, 3.8) is 0 Å². The molecule has 0 saturated carbocycles. The van der Waals surface area contributed by atoms with E-state index in [1.165, 1.54) is 44.1 Å². The lowest BCUT2D eigenvalue weighted by Gasteiger charge is -2.32. The predicted octanol–water partition coefficient (Wildman–Crippen LogP) is 7.40. The van der Waals surface area contributed by atoms with Crippen LogP contribution in [0.4, 0.5) is 0 Å². The van der Waals surface area contributed by atoms with Crippen molar-refractivity contribution in [3.05, 3.63) is 47.1 Å². The Morgan fingerprint density at radius 2 is 2.00 bits per heavy atom. The number of hydrogen-bond donors (Lipinski definition) is 0. The van der Waals surface area contributed by atoms with E-state index in [0.717, 1.165) is 5.92 Å². The summed E-state index contributed by atoms with van der Waals surface area (Å²) in [6.07, 6.45) is 19.1. The lowest BCUT2D eigenvalue weighted by atomic mass is 9.72. The molecule has 0 unspecified atom stereocenters. The summed E-state index contributed by atoms with van der Waals surface area (Å²) in [6, 6.07) is 0. The van der Waals surface area contributed by atoms with Crippen LogP contribution in [-0.4, -0.2) is 0 Å². The fraction of sp³-hybridized carbons (Fsp3) is 0.636. The van der Waals surface area contributed by atoms with Gasteiger partial charge in [0.1, 0.15) is 0 Å². The zero-order valence-corrected chi connectivity index (χ0v) is 15.7. The van der Waals surface area contributed by atoms with E-state index in [1.807, 2.05) is 0 Å². The second-order valence-electron chi connectivity index (χ2n) is 7.93. The average Bonchev–Trinajstić information content (AvgIpc) is 2.41. The van der Waals surface area contributed by atoms with Crippen molar-refractivity contribution in [2.75, 3.05) is 0 Å². The summed E-state index contributed by atoms with van der Waals surface area (Å²) in [5.74, 6) is 0.823. The Kier molecular flexibility index (Phi) is 7.93. The molecule has 0 aliphatic heterocycles. The van der Waals surface area contributed by atoms with E-state index in [-0.39, 0.29) is 0 Å². The fourth-order valence-electron chi connectivity index (χ4n) is 3.24. The van der Waals surface area contributed by atoms with Gasteiger partial charge in [-0.3, -0.25) is 0 Å². The van der Waals surface area contributed by atoms with Gasteiger partial charge in [-0.15, -0.1) is 0 Å². The van der Waals surface area contributed by atoms with Gasteiger partial charge in [-0.05, 0) is 62.9 Å². The Hall–Kier alpha value is -1.04. The smallest absolute Gasteiger partial charge is 0.0104 e.